The van der Waals surface area contributed by atoms with Crippen LogP contribution in [0, 0.1) is 12.7 Å². The maximum absolute atomic E-state index is 13.9. The van der Waals surface area contributed by atoms with Crippen LogP contribution in [0.15, 0.2) is 35.2 Å². The van der Waals surface area contributed by atoms with E-state index in [0.717, 1.165) is 16.5 Å². The minimum atomic E-state index is -0.800. The van der Waals surface area contributed by atoms with Crippen LogP contribution in [0.4, 0.5) is 4.39 Å². The fourth-order valence-corrected chi connectivity index (χ4v) is 4.66. The highest BCUT2D eigenvalue weighted by atomic mass is 32.1. The Balaban J connectivity index is 2.09. The number of ether oxygens (including phenoxy) is 2. The summed E-state index contributed by atoms with van der Waals surface area (Å²) in [4.78, 5) is 28.1. The molecule has 1 fully saturated rings. The number of nitrogens with zero attached hydrogens (tertiary/aromatic N) is 1. The summed E-state index contributed by atoms with van der Waals surface area (Å²) >= 11 is 1.40. The molecule has 166 valence electrons. The molecule has 1 amide bonds. The number of aliphatic hydroxyl groups excluding tert-OH is 1. The van der Waals surface area contributed by atoms with E-state index in [1.807, 2.05) is 32.2 Å². The van der Waals surface area contributed by atoms with E-state index in [1.54, 1.807) is 0 Å². The molecule has 8 heteroatoms. The van der Waals surface area contributed by atoms with Crippen molar-refractivity contribution >= 4 is 28.8 Å². The Morgan fingerprint density at radius 2 is 2.03 bits per heavy atom. The van der Waals surface area contributed by atoms with E-state index in [1.165, 1.54) is 35.5 Å². The van der Waals surface area contributed by atoms with Crippen molar-refractivity contribution < 1.29 is 28.6 Å². The number of benzene rings is 1. The Labute approximate surface area is 184 Å². The van der Waals surface area contributed by atoms with Gasteiger partial charge < -0.3 is 19.5 Å². The normalized spacial score (nSPS) is 18.3. The van der Waals surface area contributed by atoms with Crippen LogP contribution in [-0.2, 0) is 14.3 Å². The maximum atomic E-state index is 13.9. The van der Waals surface area contributed by atoms with Crippen molar-refractivity contribution in [3.63, 3.8) is 0 Å². The highest BCUT2D eigenvalue weighted by molar-refractivity contribution is 7.10. The lowest BCUT2D eigenvalue weighted by Gasteiger charge is -2.25. The van der Waals surface area contributed by atoms with Crippen LogP contribution in [0.3, 0.4) is 0 Å². The van der Waals surface area contributed by atoms with Gasteiger partial charge in [0.2, 0.25) is 0 Å². The molecule has 1 unspecified atom stereocenters. The number of carbonyl (C=O) groups is 2. The number of thiophene rings is 1. The third kappa shape index (κ3) is 4.65. The lowest BCUT2D eigenvalue weighted by Crippen LogP contribution is -2.31. The molecule has 0 aliphatic carbocycles. The number of Topliss-reactive ketones (excluding diaryl/α,β-unsaturated/α-hetero) is 1. The van der Waals surface area contributed by atoms with E-state index < -0.39 is 29.3 Å². The van der Waals surface area contributed by atoms with Gasteiger partial charge in [-0.2, -0.15) is 0 Å². The van der Waals surface area contributed by atoms with Crippen molar-refractivity contribution in [3.8, 4) is 5.75 Å². The molecule has 1 aromatic heterocycles. The number of hydrogen-bond donors (Lipinski definition) is 1. The van der Waals surface area contributed by atoms with Gasteiger partial charge in [-0.1, -0.05) is 0 Å². The molecule has 6 nitrogen and oxygen atoms in total. The SMILES string of the molecule is COc1ccc(F)cc1/C(O)=C1\C(=O)C(=O)N(CCCOC(C)C)C1c1sccc1C. The number of aryl methyl sites for hydroxylation is 1. The first kappa shape index (κ1) is 23.0. The molecule has 31 heavy (non-hydrogen) atoms. The molecule has 0 saturated carbocycles. The molecular weight excluding hydrogens is 421 g/mol. The summed E-state index contributed by atoms with van der Waals surface area (Å²) in [5.41, 5.74) is 0.865. The van der Waals surface area contributed by atoms with Gasteiger partial charge in [-0.15, -0.1) is 11.3 Å². The Morgan fingerprint density at radius 1 is 1.29 bits per heavy atom. The summed E-state index contributed by atoms with van der Waals surface area (Å²) in [6.45, 7) is 6.46. The Kier molecular flexibility index (Phi) is 7.12. The highest BCUT2D eigenvalue weighted by Crippen LogP contribution is 2.43. The smallest absolute Gasteiger partial charge is 0.295 e. The largest absolute Gasteiger partial charge is 0.507 e. The predicted octanol–water partition coefficient (Wildman–Crippen LogP) is 4.44. The van der Waals surface area contributed by atoms with Gasteiger partial charge in [0.15, 0.2) is 0 Å². The number of methoxy groups -OCH3 is 1. The van der Waals surface area contributed by atoms with E-state index in [-0.39, 0.29) is 29.5 Å². The summed E-state index contributed by atoms with van der Waals surface area (Å²) in [7, 11) is 1.39. The van der Waals surface area contributed by atoms with Crippen LogP contribution in [0.5, 0.6) is 5.75 Å². The van der Waals surface area contributed by atoms with Gasteiger partial charge in [0.05, 0.1) is 30.4 Å². The van der Waals surface area contributed by atoms with E-state index in [4.69, 9.17) is 9.47 Å². The lowest BCUT2D eigenvalue weighted by atomic mass is 9.98. The number of aliphatic hydroxyl groups is 1. The zero-order chi connectivity index (χ0) is 22.7. The molecule has 2 heterocycles. The Bertz CT molecular complexity index is 1010. The van der Waals surface area contributed by atoms with Gasteiger partial charge in [-0.25, -0.2) is 4.39 Å². The van der Waals surface area contributed by atoms with Crippen molar-refractivity contribution in [2.24, 2.45) is 0 Å². The number of hydrogen-bond acceptors (Lipinski definition) is 6. The Hall–Kier alpha value is -2.71. The molecule has 0 bridgehead atoms. The molecule has 1 saturated heterocycles. The van der Waals surface area contributed by atoms with Gasteiger partial charge in [0, 0.05) is 18.0 Å². The standard InChI is InChI=1S/C23H26FNO5S/c1-13(2)30-10-5-9-25-19(22-14(3)8-11-31-22)18(21(27)23(25)28)20(26)16-12-15(24)6-7-17(16)29-4/h6-8,11-13,19,26H,5,9-10H2,1-4H3/b20-18+. The quantitative estimate of drug-likeness (QED) is 0.280. The molecule has 0 spiro atoms. The molecule has 1 aliphatic heterocycles. The van der Waals surface area contributed by atoms with Crippen LogP contribution in [-0.4, -0.2) is 48.1 Å². The first-order chi connectivity index (χ1) is 14.8. The first-order valence-corrected chi connectivity index (χ1v) is 10.9. The van der Waals surface area contributed by atoms with E-state index >= 15 is 0 Å². The number of amides is 1. The zero-order valence-corrected chi connectivity index (χ0v) is 18.8. The molecule has 2 aromatic rings. The number of likely N-dealkylation sites (tertiary alicyclic amines) is 1. The minimum Gasteiger partial charge on any atom is -0.507 e. The van der Waals surface area contributed by atoms with Crippen molar-refractivity contribution in [3.05, 3.63) is 57.0 Å². The third-order valence-electron chi connectivity index (χ3n) is 5.10. The van der Waals surface area contributed by atoms with Crippen LogP contribution >= 0.6 is 11.3 Å². The maximum Gasteiger partial charge on any atom is 0.295 e. The molecule has 3 rings (SSSR count). The number of halogens is 1. The molecule has 1 aliphatic rings. The number of ketones is 1. The minimum absolute atomic E-state index is 0.0304. The zero-order valence-electron chi connectivity index (χ0n) is 18.0. The van der Waals surface area contributed by atoms with E-state index in [0.29, 0.717) is 13.0 Å². The van der Waals surface area contributed by atoms with Crippen molar-refractivity contribution in [2.75, 3.05) is 20.3 Å². The molecule has 1 atom stereocenters. The van der Waals surface area contributed by atoms with E-state index in [2.05, 4.69) is 0 Å². The number of carbonyl (C=O) groups excluding carboxylic acids is 2. The summed E-state index contributed by atoms with van der Waals surface area (Å²) in [6, 6.07) is 4.80. The highest BCUT2D eigenvalue weighted by Gasteiger charge is 2.47. The second-order valence-electron chi connectivity index (χ2n) is 7.58. The number of rotatable bonds is 8. The Morgan fingerprint density at radius 3 is 2.65 bits per heavy atom. The van der Waals surface area contributed by atoms with Crippen LogP contribution in [0.1, 0.15) is 42.3 Å². The molecule has 1 aromatic carbocycles. The van der Waals surface area contributed by atoms with Crippen molar-refractivity contribution in [1.82, 2.24) is 4.90 Å². The van der Waals surface area contributed by atoms with Crippen LogP contribution in [0.25, 0.3) is 5.76 Å². The molecule has 1 N–H and O–H groups in total. The second-order valence-corrected chi connectivity index (χ2v) is 8.53. The molecule has 0 radical (unpaired) electrons. The fraction of sp³-hybridized carbons (Fsp3) is 0.391. The average molecular weight is 448 g/mol. The van der Waals surface area contributed by atoms with Gasteiger partial charge in [-0.3, -0.25) is 9.59 Å². The monoisotopic (exact) mass is 447 g/mol. The second kappa shape index (κ2) is 9.62. The van der Waals surface area contributed by atoms with Gasteiger partial charge in [0.25, 0.3) is 11.7 Å². The third-order valence-corrected chi connectivity index (χ3v) is 6.17. The predicted molar refractivity (Wildman–Crippen MR) is 117 cm³/mol. The van der Waals surface area contributed by atoms with Crippen molar-refractivity contribution in [1.29, 1.82) is 0 Å². The van der Waals surface area contributed by atoms with Gasteiger partial charge in [-0.05, 0) is 62.4 Å². The van der Waals surface area contributed by atoms with Crippen LogP contribution in [0.2, 0.25) is 0 Å². The summed E-state index contributed by atoms with van der Waals surface area (Å²) in [6.07, 6.45) is 0.598. The first-order valence-electron chi connectivity index (χ1n) is 10.0. The topological polar surface area (TPSA) is 76.1 Å². The average Bonchev–Trinajstić information content (AvgIpc) is 3.25. The van der Waals surface area contributed by atoms with Crippen LogP contribution < -0.4 is 4.74 Å². The van der Waals surface area contributed by atoms with Gasteiger partial charge >= 0.3 is 0 Å². The fourth-order valence-electron chi connectivity index (χ4n) is 3.61. The van der Waals surface area contributed by atoms with E-state index in [9.17, 15) is 19.1 Å². The summed E-state index contributed by atoms with van der Waals surface area (Å²) < 4.78 is 24.7. The van der Waals surface area contributed by atoms with Crippen molar-refractivity contribution in [2.45, 2.75) is 39.3 Å². The molecular formula is C23H26FNO5S. The summed E-state index contributed by atoms with van der Waals surface area (Å²) in [5.74, 6) is -2.33. The lowest BCUT2D eigenvalue weighted by molar-refractivity contribution is -0.140. The summed E-state index contributed by atoms with van der Waals surface area (Å²) in [5, 5.41) is 13.0. The van der Waals surface area contributed by atoms with Gasteiger partial charge in [0.1, 0.15) is 17.3 Å².